The van der Waals surface area contributed by atoms with E-state index in [9.17, 15) is 0 Å². The Morgan fingerprint density at radius 1 is 1.47 bits per heavy atom. The van der Waals surface area contributed by atoms with E-state index < -0.39 is 0 Å². The number of aromatic nitrogens is 1. The molecule has 2 rings (SSSR count). The Morgan fingerprint density at radius 2 is 2.33 bits per heavy atom. The molecule has 0 saturated carbocycles. The maximum absolute atomic E-state index is 6.32. The van der Waals surface area contributed by atoms with Crippen LogP contribution in [0.2, 0.25) is 0 Å². The van der Waals surface area contributed by atoms with Crippen LogP contribution >= 0.6 is 22.9 Å². The van der Waals surface area contributed by atoms with Crippen LogP contribution in [0.25, 0.3) is 0 Å². The third kappa shape index (κ3) is 2.58. The Labute approximate surface area is 98.7 Å². The van der Waals surface area contributed by atoms with Gasteiger partial charge < -0.3 is 0 Å². The maximum atomic E-state index is 6.32. The lowest BCUT2D eigenvalue weighted by atomic mass is 10.1. The fourth-order valence-electron chi connectivity index (χ4n) is 1.47. The lowest BCUT2D eigenvalue weighted by Gasteiger charge is -2.08. The molecule has 0 amide bonds. The topological polar surface area (TPSA) is 12.9 Å². The van der Waals surface area contributed by atoms with Crippen molar-refractivity contribution >= 4 is 22.9 Å². The molecule has 1 atom stereocenters. The molecule has 0 N–H and O–H groups in total. The number of rotatable bonds is 3. The van der Waals surface area contributed by atoms with E-state index in [1.165, 1.54) is 11.1 Å². The Bertz CT molecular complexity index is 425. The molecule has 0 radical (unpaired) electrons. The monoisotopic (exact) mass is 237 g/mol. The first-order chi connectivity index (χ1) is 7.27. The van der Waals surface area contributed by atoms with Crippen molar-refractivity contribution in [2.45, 2.75) is 18.7 Å². The predicted octanol–water partition coefficient (Wildman–Crippen LogP) is 3.97. The Kier molecular flexibility index (Phi) is 3.39. The number of pyridine rings is 1. The third-order valence-corrected chi connectivity index (χ3v) is 3.50. The SMILES string of the molecule is Cc1cccnc1CC(Cl)c1ccsc1. The second-order valence-corrected chi connectivity index (χ2v) is 4.80. The second-order valence-electron chi connectivity index (χ2n) is 3.50. The van der Waals surface area contributed by atoms with E-state index in [1.807, 2.05) is 12.3 Å². The number of alkyl halides is 1. The summed E-state index contributed by atoms with van der Waals surface area (Å²) in [4.78, 5) is 4.35. The van der Waals surface area contributed by atoms with Crippen LogP contribution in [0.15, 0.2) is 35.2 Å². The van der Waals surface area contributed by atoms with E-state index in [2.05, 4.69) is 34.8 Å². The molecule has 0 spiro atoms. The summed E-state index contributed by atoms with van der Waals surface area (Å²) >= 11 is 8.00. The summed E-state index contributed by atoms with van der Waals surface area (Å²) in [5.41, 5.74) is 3.48. The van der Waals surface area contributed by atoms with Gasteiger partial charge in [0.15, 0.2) is 0 Å². The second kappa shape index (κ2) is 4.77. The zero-order valence-electron chi connectivity index (χ0n) is 8.48. The van der Waals surface area contributed by atoms with E-state index in [1.54, 1.807) is 11.3 Å². The molecular weight excluding hydrogens is 226 g/mol. The number of halogens is 1. The molecule has 1 nitrogen and oxygen atoms in total. The molecular formula is C12H12ClNS. The minimum atomic E-state index is 0.0323. The van der Waals surface area contributed by atoms with E-state index in [4.69, 9.17) is 11.6 Å². The number of hydrogen-bond donors (Lipinski definition) is 0. The summed E-state index contributed by atoms with van der Waals surface area (Å²) in [6, 6.07) is 6.09. The van der Waals surface area contributed by atoms with Crippen LogP contribution in [0.1, 0.15) is 22.2 Å². The first-order valence-corrected chi connectivity index (χ1v) is 6.22. The van der Waals surface area contributed by atoms with Gasteiger partial charge in [0.2, 0.25) is 0 Å². The molecule has 0 aliphatic heterocycles. The van der Waals surface area contributed by atoms with Gasteiger partial charge in [0.25, 0.3) is 0 Å². The minimum Gasteiger partial charge on any atom is -0.261 e. The predicted molar refractivity (Wildman–Crippen MR) is 65.6 cm³/mol. The van der Waals surface area contributed by atoms with Gasteiger partial charge in [-0.05, 0) is 40.9 Å². The first-order valence-electron chi connectivity index (χ1n) is 4.84. The Balaban J connectivity index is 2.13. The highest BCUT2D eigenvalue weighted by Crippen LogP contribution is 2.26. The highest BCUT2D eigenvalue weighted by Gasteiger charge is 2.11. The third-order valence-electron chi connectivity index (χ3n) is 2.40. The quantitative estimate of drug-likeness (QED) is 0.736. The van der Waals surface area contributed by atoms with Gasteiger partial charge in [0, 0.05) is 18.3 Å². The van der Waals surface area contributed by atoms with Crippen LogP contribution in [0.5, 0.6) is 0 Å². The highest BCUT2D eigenvalue weighted by atomic mass is 35.5. The Hall–Kier alpha value is -0.860. The molecule has 0 fully saturated rings. The Morgan fingerprint density at radius 3 is 3.00 bits per heavy atom. The van der Waals surface area contributed by atoms with Crippen LogP contribution in [-0.2, 0) is 6.42 Å². The van der Waals surface area contributed by atoms with Gasteiger partial charge in [-0.1, -0.05) is 6.07 Å². The molecule has 3 heteroatoms. The maximum Gasteiger partial charge on any atom is 0.0648 e. The van der Waals surface area contributed by atoms with E-state index in [-0.39, 0.29) is 5.38 Å². The molecule has 0 aromatic carbocycles. The lowest BCUT2D eigenvalue weighted by Crippen LogP contribution is -1.99. The van der Waals surface area contributed by atoms with Crippen LogP contribution < -0.4 is 0 Å². The van der Waals surface area contributed by atoms with Crippen LogP contribution in [0.4, 0.5) is 0 Å². The summed E-state index contributed by atoms with van der Waals surface area (Å²) in [7, 11) is 0. The number of aryl methyl sites for hydroxylation is 1. The van der Waals surface area contributed by atoms with Gasteiger partial charge >= 0.3 is 0 Å². The molecule has 0 saturated heterocycles. The zero-order valence-corrected chi connectivity index (χ0v) is 10.1. The van der Waals surface area contributed by atoms with Crippen molar-refractivity contribution < 1.29 is 0 Å². The fourth-order valence-corrected chi connectivity index (χ4v) is 2.54. The average Bonchev–Trinajstić information content (AvgIpc) is 2.74. The normalized spacial score (nSPS) is 12.7. The van der Waals surface area contributed by atoms with Crippen molar-refractivity contribution in [3.05, 3.63) is 52.0 Å². The molecule has 2 heterocycles. The summed E-state index contributed by atoms with van der Waals surface area (Å²) in [6.45, 7) is 2.07. The highest BCUT2D eigenvalue weighted by molar-refractivity contribution is 7.08. The van der Waals surface area contributed by atoms with Crippen LogP contribution in [0.3, 0.4) is 0 Å². The minimum absolute atomic E-state index is 0.0323. The van der Waals surface area contributed by atoms with Crippen molar-refractivity contribution in [1.82, 2.24) is 4.98 Å². The zero-order chi connectivity index (χ0) is 10.7. The van der Waals surface area contributed by atoms with Gasteiger partial charge in [-0.3, -0.25) is 4.98 Å². The van der Waals surface area contributed by atoms with Gasteiger partial charge in [0.1, 0.15) is 0 Å². The smallest absolute Gasteiger partial charge is 0.0648 e. The standard InChI is InChI=1S/C12H12ClNS/c1-9-3-2-5-14-12(9)7-11(13)10-4-6-15-8-10/h2-6,8,11H,7H2,1H3. The van der Waals surface area contributed by atoms with E-state index >= 15 is 0 Å². The summed E-state index contributed by atoms with van der Waals surface area (Å²) < 4.78 is 0. The van der Waals surface area contributed by atoms with E-state index in [0.717, 1.165) is 12.1 Å². The van der Waals surface area contributed by atoms with Crippen molar-refractivity contribution in [3.8, 4) is 0 Å². The van der Waals surface area contributed by atoms with Gasteiger partial charge in [0.05, 0.1) is 5.38 Å². The number of hydrogen-bond acceptors (Lipinski definition) is 2. The molecule has 78 valence electrons. The molecule has 0 aliphatic carbocycles. The van der Waals surface area contributed by atoms with Crippen LogP contribution in [0, 0.1) is 6.92 Å². The van der Waals surface area contributed by atoms with Crippen molar-refractivity contribution in [2.24, 2.45) is 0 Å². The molecule has 2 aromatic rings. The molecule has 2 aromatic heterocycles. The van der Waals surface area contributed by atoms with Crippen molar-refractivity contribution in [2.75, 3.05) is 0 Å². The molecule has 1 unspecified atom stereocenters. The largest absolute Gasteiger partial charge is 0.261 e. The van der Waals surface area contributed by atoms with E-state index in [0.29, 0.717) is 0 Å². The van der Waals surface area contributed by atoms with Crippen molar-refractivity contribution in [1.29, 1.82) is 0 Å². The summed E-state index contributed by atoms with van der Waals surface area (Å²) in [6.07, 6.45) is 2.62. The molecule has 15 heavy (non-hydrogen) atoms. The van der Waals surface area contributed by atoms with Crippen LogP contribution in [-0.4, -0.2) is 4.98 Å². The molecule has 0 aliphatic rings. The first kappa shape index (κ1) is 10.7. The van der Waals surface area contributed by atoms with Gasteiger partial charge in [-0.15, -0.1) is 11.6 Å². The number of nitrogens with zero attached hydrogens (tertiary/aromatic N) is 1. The fraction of sp³-hybridized carbons (Fsp3) is 0.250. The van der Waals surface area contributed by atoms with Gasteiger partial charge in [-0.2, -0.15) is 11.3 Å². The summed E-state index contributed by atoms with van der Waals surface area (Å²) in [5.74, 6) is 0. The van der Waals surface area contributed by atoms with Crippen molar-refractivity contribution in [3.63, 3.8) is 0 Å². The summed E-state index contributed by atoms with van der Waals surface area (Å²) in [5, 5.41) is 4.18. The van der Waals surface area contributed by atoms with Gasteiger partial charge in [-0.25, -0.2) is 0 Å². The molecule has 0 bridgehead atoms. The number of thiophene rings is 1. The lowest BCUT2D eigenvalue weighted by molar-refractivity contribution is 0.873. The average molecular weight is 238 g/mol.